The van der Waals surface area contributed by atoms with Gasteiger partial charge in [-0.25, -0.2) is 4.99 Å². The molecule has 0 unspecified atom stereocenters. The van der Waals surface area contributed by atoms with Gasteiger partial charge in [-0.1, -0.05) is 0 Å². The molecule has 0 radical (unpaired) electrons. The Morgan fingerprint density at radius 1 is 1.20 bits per heavy atom. The lowest BCUT2D eigenvalue weighted by Crippen LogP contribution is -2.21. The van der Waals surface area contributed by atoms with Crippen molar-refractivity contribution in [1.82, 2.24) is 0 Å². The van der Waals surface area contributed by atoms with Gasteiger partial charge < -0.3 is 14.9 Å². The molecule has 126 valence electrons. The van der Waals surface area contributed by atoms with E-state index in [9.17, 15) is 14.9 Å². The first-order valence-electron chi connectivity index (χ1n) is 7.19. The molecule has 0 spiro atoms. The third-order valence-corrected chi connectivity index (χ3v) is 3.51. The number of rotatable bonds is 4. The van der Waals surface area contributed by atoms with E-state index < -0.39 is 10.8 Å². The number of ether oxygens (including phenoxy) is 1. The number of nitrogens with zero attached hydrogens (tertiary/aromatic N) is 2. The first-order chi connectivity index (χ1) is 12.0. The van der Waals surface area contributed by atoms with Gasteiger partial charge in [-0.15, -0.1) is 0 Å². The molecule has 8 heteroatoms. The second-order valence-electron chi connectivity index (χ2n) is 5.12. The molecule has 2 aromatic carbocycles. The molecule has 0 fully saturated rings. The highest BCUT2D eigenvalue weighted by Gasteiger charge is 2.12. The highest BCUT2D eigenvalue weighted by Crippen LogP contribution is 2.21. The fourth-order valence-corrected chi connectivity index (χ4v) is 2.27. The first-order valence-corrected chi connectivity index (χ1v) is 7.19. The molecule has 0 aliphatic carbocycles. The monoisotopic (exact) mass is 339 g/mol. The number of fused-ring (bicyclic) bond motifs is 1. The number of nitro benzene ring substituents is 1. The minimum absolute atomic E-state index is 0.0269. The predicted molar refractivity (Wildman–Crippen MR) is 89.6 cm³/mol. The molecule has 1 amide bonds. The van der Waals surface area contributed by atoms with Crippen LogP contribution in [0.3, 0.4) is 0 Å². The van der Waals surface area contributed by atoms with Gasteiger partial charge in [0.1, 0.15) is 16.9 Å². The average Bonchev–Trinajstić information content (AvgIpc) is 2.61. The van der Waals surface area contributed by atoms with E-state index in [4.69, 9.17) is 14.9 Å². The van der Waals surface area contributed by atoms with E-state index in [0.717, 1.165) is 0 Å². The molecule has 8 nitrogen and oxygen atoms in total. The zero-order valence-electron chi connectivity index (χ0n) is 13.1. The molecular weight excluding hydrogens is 326 g/mol. The van der Waals surface area contributed by atoms with Crippen LogP contribution in [0.4, 0.5) is 11.4 Å². The summed E-state index contributed by atoms with van der Waals surface area (Å²) in [6.45, 7) is 0. The quantitative estimate of drug-likeness (QED) is 0.578. The molecule has 0 saturated heterocycles. The maximum absolute atomic E-state index is 11.7. The zero-order valence-corrected chi connectivity index (χ0v) is 13.1. The number of carbonyl (C=O) groups excluding carboxylic acids is 1. The summed E-state index contributed by atoms with van der Waals surface area (Å²) in [5, 5.41) is 11.3. The largest absolute Gasteiger partial charge is 0.497 e. The minimum Gasteiger partial charge on any atom is -0.497 e. The number of methoxy groups -OCH3 is 1. The van der Waals surface area contributed by atoms with Crippen LogP contribution >= 0.6 is 0 Å². The molecule has 1 aromatic heterocycles. The van der Waals surface area contributed by atoms with Crippen molar-refractivity contribution in [3.8, 4) is 5.75 Å². The topological polar surface area (TPSA) is 121 Å². The van der Waals surface area contributed by atoms with Gasteiger partial charge in [-0.3, -0.25) is 14.9 Å². The third-order valence-electron chi connectivity index (χ3n) is 3.51. The van der Waals surface area contributed by atoms with Crippen molar-refractivity contribution in [2.24, 2.45) is 10.7 Å². The molecule has 0 saturated carbocycles. The van der Waals surface area contributed by atoms with Gasteiger partial charge in [0.15, 0.2) is 0 Å². The Morgan fingerprint density at radius 3 is 2.52 bits per heavy atom. The standard InChI is InChI=1S/C17H13N3O5/c1-24-13-5-2-11(3-6-13)19-17-14(16(18)21)9-10-8-12(20(22)23)4-7-15(10)25-17/h2-9H,1H3,(H2,18,21). The van der Waals surface area contributed by atoms with Crippen molar-refractivity contribution in [2.45, 2.75) is 0 Å². The first kappa shape index (κ1) is 16.2. The van der Waals surface area contributed by atoms with Crippen LogP contribution in [0.1, 0.15) is 10.4 Å². The second kappa shape index (κ2) is 6.44. The SMILES string of the molecule is COc1ccc(N=c2oc3ccc([N+](=O)[O-])cc3cc2C(N)=O)cc1. The lowest BCUT2D eigenvalue weighted by molar-refractivity contribution is -0.384. The van der Waals surface area contributed by atoms with Gasteiger partial charge in [0, 0.05) is 17.5 Å². The molecule has 25 heavy (non-hydrogen) atoms. The number of amides is 1. The number of hydrogen-bond acceptors (Lipinski definition) is 6. The minimum atomic E-state index is -0.746. The van der Waals surface area contributed by atoms with Crippen molar-refractivity contribution < 1.29 is 18.9 Å². The van der Waals surface area contributed by atoms with Crippen LogP contribution in [0, 0.1) is 10.1 Å². The highest BCUT2D eigenvalue weighted by atomic mass is 16.6. The summed E-state index contributed by atoms with van der Waals surface area (Å²) in [6, 6.07) is 12.3. The maximum atomic E-state index is 11.7. The molecule has 0 bridgehead atoms. The molecule has 3 aromatic rings. The van der Waals surface area contributed by atoms with Crippen molar-refractivity contribution in [3.05, 3.63) is 69.8 Å². The van der Waals surface area contributed by atoms with E-state index in [1.807, 2.05) is 0 Å². The average molecular weight is 339 g/mol. The molecular formula is C17H13N3O5. The Kier molecular flexibility index (Phi) is 4.17. The molecule has 0 atom stereocenters. The van der Waals surface area contributed by atoms with Gasteiger partial charge in [0.25, 0.3) is 11.6 Å². The van der Waals surface area contributed by atoms with Crippen LogP contribution in [-0.4, -0.2) is 17.9 Å². The van der Waals surface area contributed by atoms with Crippen LogP contribution in [0.5, 0.6) is 5.75 Å². The van der Waals surface area contributed by atoms with E-state index in [1.165, 1.54) is 24.3 Å². The molecule has 0 aliphatic heterocycles. The van der Waals surface area contributed by atoms with Crippen LogP contribution in [0.15, 0.2) is 57.9 Å². The summed E-state index contributed by atoms with van der Waals surface area (Å²) in [5.74, 6) is -0.0822. The van der Waals surface area contributed by atoms with E-state index in [-0.39, 0.29) is 16.8 Å². The molecule has 2 N–H and O–H groups in total. The summed E-state index contributed by atoms with van der Waals surface area (Å²) in [6.07, 6.45) is 0. The van der Waals surface area contributed by atoms with Crippen molar-refractivity contribution in [2.75, 3.05) is 7.11 Å². The predicted octanol–water partition coefficient (Wildman–Crippen LogP) is 2.68. The summed E-state index contributed by atoms with van der Waals surface area (Å²) in [4.78, 5) is 26.4. The van der Waals surface area contributed by atoms with E-state index in [0.29, 0.717) is 22.4 Å². The van der Waals surface area contributed by atoms with Gasteiger partial charge in [-0.05, 0) is 36.4 Å². The Labute approximate surface area is 141 Å². The smallest absolute Gasteiger partial charge is 0.270 e. The lowest BCUT2D eigenvalue weighted by atomic mass is 10.1. The lowest BCUT2D eigenvalue weighted by Gasteiger charge is -2.03. The number of non-ortho nitro benzene ring substituents is 1. The summed E-state index contributed by atoms with van der Waals surface area (Å²) in [7, 11) is 1.55. The summed E-state index contributed by atoms with van der Waals surface area (Å²) < 4.78 is 10.7. The van der Waals surface area contributed by atoms with Crippen LogP contribution < -0.4 is 16.0 Å². The number of hydrogen-bond donors (Lipinski definition) is 1. The molecule has 0 aliphatic rings. The Balaban J connectivity index is 2.20. The Bertz CT molecular complexity index is 1040. The van der Waals surface area contributed by atoms with Crippen LogP contribution in [0.25, 0.3) is 11.0 Å². The summed E-state index contributed by atoms with van der Waals surface area (Å²) in [5.41, 5.74) is 6.22. The zero-order chi connectivity index (χ0) is 18.0. The Hall–Kier alpha value is -3.68. The van der Waals surface area contributed by atoms with E-state index >= 15 is 0 Å². The number of benzene rings is 2. The second-order valence-corrected chi connectivity index (χ2v) is 5.12. The number of carbonyl (C=O) groups is 1. The number of nitrogens with two attached hydrogens (primary N) is 1. The molecule has 3 rings (SSSR count). The van der Waals surface area contributed by atoms with Gasteiger partial charge >= 0.3 is 0 Å². The highest BCUT2D eigenvalue weighted by molar-refractivity contribution is 5.95. The van der Waals surface area contributed by atoms with Gasteiger partial charge in [-0.2, -0.15) is 0 Å². The normalized spacial score (nSPS) is 11.5. The van der Waals surface area contributed by atoms with Gasteiger partial charge in [0.2, 0.25) is 5.55 Å². The third kappa shape index (κ3) is 3.32. The fourth-order valence-electron chi connectivity index (χ4n) is 2.27. The van der Waals surface area contributed by atoms with Gasteiger partial charge in [0.05, 0.1) is 17.7 Å². The van der Waals surface area contributed by atoms with Crippen molar-refractivity contribution >= 4 is 28.3 Å². The van der Waals surface area contributed by atoms with Crippen molar-refractivity contribution in [3.63, 3.8) is 0 Å². The maximum Gasteiger partial charge on any atom is 0.270 e. The van der Waals surface area contributed by atoms with Crippen molar-refractivity contribution in [1.29, 1.82) is 0 Å². The fraction of sp³-hybridized carbons (Fsp3) is 0.0588. The van der Waals surface area contributed by atoms with E-state index in [1.54, 1.807) is 31.4 Å². The molecule has 1 heterocycles. The Morgan fingerprint density at radius 2 is 1.92 bits per heavy atom. The number of primary amides is 1. The van der Waals surface area contributed by atoms with E-state index in [2.05, 4.69) is 4.99 Å². The number of nitro groups is 1. The summed E-state index contributed by atoms with van der Waals surface area (Å²) >= 11 is 0. The van der Waals surface area contributed by atoms with Crippen LogP contribution in [0.2, 0.25) is 0 Å². The van der Waals surface area contributed by atoms with Crippen LogP contribution in [-0.2, 0) is 0 Å².